The van der Waals surface area contributed by atoms with Crippen molar-refractivity contribution in [2.75, 3.05) is 13.7 Å². The van der Waals surface area contributed by atoms with Crippen LogP contribution in [0.15, 0.2) is 24.3 Å². The zero-order chi connectivity index (χ0) is 11.4. The third kappa shape index (κ3) is 2.83. The zero-order valence-electron chi connectivity index (χ0n) is 10.2. The fourth-order valence-corrected chi connectivity index (χ4v) is 2.39. The number of hydrogen-bond acceptors (Lipinski definition) is 2. The van der Waals surface area contributed by atoms with Gasteiger partial charge < -0.3 is 10.1 Å². The lowest BCUT2D eigenvalue weighted by atomic mass is 9.94. The highest BCUT2D eigenvalue weighted by Gasteiger charge is 2.24. The van der Waals surface area contributed by atoms with Gasteiger partial charge in [-0.15, -0.1) is 0 Å². The van der Waals surface area contributed by atoms with Gasteiger partial charge in [-0.3, -0.25) is 0 Å². The summed E-state index contributed by atoms with van der Waals surface area (Å²) in [5.41, 5.74) is 2.72. The summed E-state index contributed by atoms with van der Waals surface area (Å²) in [5.74, 6) is 0. The van der Waals surface area contributed by atoms with Gasteiger partial charge in [0.25, 0.3) is 0 Å². The fourth-order valence-electron chi connectivity index (χ4n) is 2.39. The van der Waals surface area contributed by atoms with E-state index in [9.17, 15) is 0 Å². The normalized spacial score (nSPS) is 25.6. The molecule has 0 bridgehead atoms. The Morgan fingerprint density at radius 1 is 1.31 bits per heavy atom. The standard InChI is InChI=1S/C14H21NO/c1-11-5-7-12(8-6-11)10-13-14(16-2)4-3-9-15-13/h5-8,13-15H,3-4,9-10H2,1-2H3/t13-,14-/m0/s1. The van der Waals surface area contributed by atoms with Crippen LogP contribution >= 0.6 is 0 Å². The van der Waals surface area contributed by atoms with E-state index in [1.54, 1.807) is 0 Å². The lowest BCUT2D eigenvalue weighted by molar-refractivity contribution is 0.0457. The maximum atomic E-state index is 5.54. The molecule has 2 heteroatoms. The van der Waals surface area contributed by atoms with E-state index in [-0.39, 0.29) is 0 Å². The topological polar surface area (TPSA) is 21.3 Å². The van der Waals surface area contributed by atoms with Crippen LogP contribution in [-0.4, -0.2) is 25.8 Å². The molecule has 1 aromatic rings. The molecule has 1 fully saturated rings. The van der Waals surface area contributed by atoms with Crippen molar-refractivity contribution in [2.24, 2.45) is 0 Å². The van der Waals surface area contributed by atoms with Crippen molar-refractivity contribution in [3.63, 3.8) is 0 Å². The highest BCUT2D eigenvalue weighted by Crippen LogP contribution is 2.16. The summed E-state index contributed by atoms with van der Waals surface area (Å²) in [5, 5.41) is 3.56. The molecule has 1 aromatic carbocycles. The van der Waals surface area contributed by atoms with E-state index in [0.717, 1.165) is 13.0 Å². The quantitative estimate of drug-likeness (QED) is 0.842. The van der Waals surface area contributed by atoms with Gasteiger partial charge in [0.15, 0.2) is 0 Å². The number of aryl methyl sites for hydroxylation is 1. The number of nitrogens with one attached hydrogen (secondary N) is 1. The molecule has 1 saturated heterocycles. The minimum Gasteiger partial charge on any atom is -0.380 e. The lowest BCUT2D eigenvalue weighted by Gasteiger charge is -2.31. The van der Waals surface area contributed by atoms with Crippen LogP contribution in [0.3, 0.4) is 0 Å². The van der Waals surface area contributed by atoms with Crippen LogP contribution < -0.4 is 5.32 Å². The van der Waals surface area contributed by atoms with E-state index in [4.69, 9.17) is 4.74 Å². The average molecular weight is 219 g/mol. The molecule has 0 aliphatic carbocycles. The fraction of sp³-hybridized carbons (Fsp3) is 0.571. The average Bonchev–Trinajstić information content (AvgIpc) is 2.33. The SMILES string of the molecule is CO[C@H]1CCCN[C@H]1Cc1ccc(C)cc1. The number of methoxy groups -OCH3 is 1. The van der Waals surface area contributed by atoms with E-state index in [2.05, 4.69) is 36.5 Å². The summed E-state index contributed by atoms with van der Waals surface area (Å²) in [4.78, 5) is 0. The van der Waals surface area contributed by atoms with Gasteiger partial charge in [0, 0.05) is 13.2 Å². The number of hydrogen-bond donors (Lipinski definition) is 1. The summed E-state index contributed by atoms with van der Waals surface area (Å²) in [6, 6.07) is 9.28. The molecule has 1 heterocycles. The third-order valence-corrected chi connectivity index (χ3v) is 3.40. The first-order chi connectivity index (χ1) is 7.79. The van der Waals surface area contributed by atoms with Gasteiger partial charge in [-0.1, -0.05) is 29.8 Å². The van der Waals surface area contributed by atoms with Crippen molar-refractivity contribution in [1.82, 2.24) is 5.32 Å². The Bertz CT molecular complexity index is 320. The molecular formula is C14H21NO. The summed E-state index contributed by atoms with van der Waals surface area (Å²) >= 11 is 0. The molecule has 16 heavy (non-hydrogen) atoms. The number of rotatable bonds is 3. The molecule has 0 radical (unpaired) electrons. The van der Waals surface area contributed by atoms with Crippen LogP contribution in [0.2, 0.25) is 0 Å². The van der Waals surface area contributed by atoms with E-state index < -0.39 is 0 Å². The molecule has 1 aliphatic rings. The molecule has 2 atom stereocenters. The molecule has 88 valence electrons. The molecule has 0 amide bonds. The van der Waals surface area contributed by atoms with Gasteiger partial charge in [0.05, 0.1) is 6.10 Å². The first kappa shape index (κ1) is 11.6. The summed E-state index contributed by atoms with van der Waals surface area (Å²) in [6.07, 6.45) is 3.84. The van der Waals surface area contributed by atoms with Crippen LogP contribution in [0.1, 0.15) is 24.0 Å². The molecular weight excluding hydrogens is 198 g/mol. The van der Waals surface area contributed by atoms with E-state index in [1.807, 2.05) is 7.11 Å². The van der Waals surface area contributed by atoms with Crippen LogP contribution in [0.4, 0.5) is 0 Å². The van der Waals surface area contributed by atoms with Crippen LogP contribution in [0.25, 0.3) is 0 Å². The molecule has 0 spiro atoms. The molecule has 0 aromatic heterocycles. The van der Waals surface area contributed by atoms with Gasteiger partial charge in [0.2, 0.25) is 0 Å². The number of benzene rings is 1. The van der Waals surface area contributed by atoms with Crippen LogP contribution in [-0.2, 0) is 11.2 Å². The second-order valence-corrected chi connectivity index (χ2v) is 4.67. The highest BCUT2D eigenvalue weighted by atomic mass is 16.5. The van der Waals surface area contributed by atoms with Crippen molar-refractivity contribution in [1.29, 1.82) is 0 Å². The molecule has 0 unspecified atom stereocenters. The highest BCUT2D eigenvalue weighted by molar-refractivity contribution is 5.22. The second kappa shape index (κ2) is 5.46. The predicted molar refractivity (Wildman–Crippen MR) is 66.7 cm³/mol. The van der Waals surface area contributed by atoms with Crippen LogP contribution in [0.5, 0.6) is 0 Å². The molecule has 2 rings (SSSR count). The Morgan fingerprint density at radius 2 is 2.06 bits per heavy atom. The smallest absolute Gasteiger partial charge is 0.0727 e. The molecule has 0 saturated carbocycles. The van der Waals surface area contributed by atoms with Gasteiger partial charge in [0.1, 0.15) is 0 Å². The Morgan fingerprint density at radius 3 is 2.75 bits per heavy atom. The summed E-state index contributed by atoms with van der Waals surface area (Å²) < 4.78 is 5.54. The van der Waals surface area contributed by atoms with E-state index in [0.29, 0.717) is 12.1 Å². The molecule has 1 aliphatic heterocycles. The number of ether oxygens (including phenoxy) is 1. The van der Waals surface area contributed by atoms with Crippen molar-refractivity contribution in [3.8, 4) is 0 Å². The monoisotopic (exact) mass is 219 g/mol. The second-order valence-electron chi connectivity index (χ2n) is 4.67. The maximum absolute atomic E-state index is 5.54. The predicted octanol–water partition coefficient (Wildman–Crippen LogP) is 2.30. The van der Waals surface area contributed by atoms with Crippen molar-refractivity contribution in [3.05, 3.63) is 35.4 Å². The Hall–Kier alpha value is -0.860. The van der Waals surface area contributed by atoms with Crippen molar-refractivity contribution < 1.29 is 4.74 Å². The first-order valence-electron chi connectivity index (χ1n) is 6.11. The summed E-state index contributed by atoms with van der Waals surface area (Å²) in [7, 11) is 1.82. The van der Waals surface area contributed by atoms with Gasteiger partial charge >= 0.3 is 0 Å². The van der Waals surface area contributed by atoms with E-state index in [1.165, 1.54) is 24.0 Å². The van der Waals surface area contributed by atoms with Crippen molar-refractivity contribution in [2.45, 2.75) is 38.3 Å². The van der Waals surface area contributed by atoms with Gasteiger partial charge in [-0.2, -0.15) is 0 Å². The van der Waals surface area contributed by atoms with Crippen LogP contribution in [0, 0.1) is 6.92 Å². The minimum absolute atomic E-state index is 0.370. The maximum Gasteiger partial charge on any atom is 0.0727 e. The first-order valence-corrected chi connectivity index (χ1v) is 6.11. The largest absolute Gasteiger partial charge is 0.380 e. The Kier molecular flexibility index (Phi) is 3.97. The van der Waals surface area contributed by atoms with Gasteiger partial charge in [-0.05, 0) is 38.3 Å². The Balaban J connectivity index is 1.99. The lowest BCUT2D eigenvalue weighted by Crippen LogP contribution is -2.47. The third-order valence-electron chi connectivity index (χ3n) is 3.40. The van der Waals surface area contributed by atoms with Gasteiger partial charge in [-0.25, -0.2) is 0 Å². The summed E-state index contributed by atoms with van der Waals surface area (Å²) in [6.45, 7) is 3.25. The minimum atomic E-state index is 0.370. The molecule has 1 N–H and O–H groups in total. The zero-order valence-corrected chi connectivity index (χ0v) is 10.2. The number of piperidine rings is 1. The Labute approximate surface area is 98.0 Å². The molecule has 2 nitrogen and oxygen atoms in total. The van der Waals surface area contributed by atoms with E-state index >= 15 is 0 Å². The van der Waals surface area contributed by atoms with Crippen molar-refractivity contribution >= 4 is 0 Å².